The van der Waals surface area contributed by atoms with E-state index in [-0.39, 0.29) is 5.91 Å². The summed E-state index contributed by atoms with van der Waals surface area (Å²) < 4.78 is 0. The summed E-state index contributed by atoms with van der Waals surface area (Å²) in [6.45, 7) is 7.51. The molecule has 0 aromatic carbocycles. The molecule has 0 bridgehead atoms. The van der Waals surface area contributed by atoms with Gasteiger partial charge < -0.3 is 5.73 Å². The average Bonchev–Trinajstić information content (AvgIpc) is 2.50. The normalized spacial score (nSPS) is 20.5. The molecule has 1 rings (SSSR count). The van der Waals surface area contributed by atoms with Gasteiger partial charge >= 0.3 is 0 Å². The van der Waals surface area contributed by atoms with Gasteiger partial charge in [-0.05, 0) is 18.9 Å². The van der Waals surface area contributed by atoms with Crippen LogP contribution in [-0.4, -0.2) is 42.1 Å². The van der Waals surface area contributed by atoms with Crippen LogP contribution in [0.3, 0.4) is 0 Å². The number of nitrogens with zero attached hydrogens (tertiary/aromatic N) is 2. The van der Waals surface area contributed by atoms with Crippen LogP contribution in [0, 0.1) is 5.92 Å². The molecular formula is C10H21N3O. The Labute approximate surface area is 86.0 Å². The standard InChI is InChI=1S/C10H21N3O/c1-3-5-13-10(14)4-6-12(13)8-9(2)7-11/h9H,3-8,11H2,1-2H3. The molecule has 1 aliphatic heterocycles. The third kappa shape index (κ3) is 2.69. The Kier molecular flexibility index (Phi) is 4.35. The second-order valence-corrected chi connectivity index (χ2v) is 4.02. The highest BCUT2D eigenvalue weighted by atomic mass is 16.2. The van der Waals surface area contributed by atoms with Gasteiger partial charge in [-0.25, -0.2) is 5.01 Å². The largest absolute Gasteiger partial charge is 0.330 e. The van der Waals surface area contributed by atoms with Crippen molar-refractivity contribution in [1.29, 1.82) is 0 Å². The summed E-state index contributed by atoms with van der Waals surface area (Å²) in [6, 6.07) is 0. The Bertz CT molecular complexity index is 196. The number of carbonyl (C=O) groups is 1. The van der Waals surface area contributed by atoms with Gasteiger partial charge in [0.05, 0.1) is 0 Å². The molecule has 0 spiro atoms. The highest BCUT2D eigenvalue weighted by Gasteiger charge is 2.28. The molecule has 1 saturated heterocycles. The molecule has 1 aliphatic rings. The van der Waals surface area contributed by atoms with Crippen LogP contribution in [0.1, 0.15) is 26.7 Å². The van der Waals surface area contributed by atoms with E-state index < -0.39 is 0 Å². The average molecular weight is 199 g/mol. The van der Waals surface area contributed by atoms with Gasteiger partial charge in [-0.3, -0.25) is 9.80 Å². The molecular weight excluding hydrogens is 178 g/mol. The van der Waals surface area contributed by atoms with Gasteiger partial charge in [0.15, 0.2) is 0 Å². The zero-order valence-corrected chi connectivity index (χ0v) is 9.20. The first-order chi connectivity index (χ1) is 6.69. The highest BCUT2D eigenvalue weighted by Crippen LogP contribution is 2.14. The van der Waals surface area contributed by atoms with Crippen molar-refractivity contribution in [3.05, 3.63) is 0 Å². The van der Waals surface area contributed by atoms with Gasteiger partial charge in [0.2, 0.25) is 5.91 Å². The topological polar surface area (TPSA) is 49.6 Å². The lowest BCUT2D eigenvalue weighted by Gasteiger charge is -2.29. The van der Waals surface area contributed by atoms with Crippen molar-refractivity contribution in [3.8, 4) is 0 Å². The summed E-state index contributed by atoms with van der Waals surface area (Å²) in [4.78, 5) is 11.5. The zero-order chi connectivity index (χ0) is 10.6. The molecule has 2 N–H and O–H groups in total. The van der Waals surface area contributed by atoms with Gasteiger partial charge in [-0.1, -0.05) is 13.8 Å². The van der Waals surface area contributed by atoms with Crippen molar-refractivity contribution in [1.82, 2.24) is 10.0 Å². The van der Waals surface area contributed by atoms with E-state index in [4.69, 9.17) is 5.73 Å². The molecule has 0 aliphatic carbocycles. The molecule has 82 valence electrons. The predicted molar refractivity (Wildman–Crippen MR) is 56.4 cm³/mol. The van der Waals surface area contributed by atoms with Crippen LogP contribution >= 0.6 is 0 Å². The van der Waals surface area contributed by atoms with E-state index >= 15 is 0 Å². The number of nitrogens with two attached hydrogens (primary N) is 1. The lowest BCUT2D eigenvalue weighted by Crippen LogP contribution is -2.42. The van der Waals surface area contributed by atoms with E-state index in [9.17, 15) is 4.79 Å². The summed E-state index contributed by atoms with van der Waals surface area (Å²) in [5.41, 5.74) is 5.57. The molecule has 0 aromatic heterocycles. The van der Waals surface area contributed by atoms with E-state index in [1.807, 2.05) is 5.01 Å². The number of hydrazine groups is 1. The first-order valence-electron chi connectivity index (χ1n) is 5.44. The quantitative estimate of drug-likeness (QED) is 0.699. The summed E-state index contributed by atoms with van der Waals surface area (Å²) in [7, 11) is 0. The third-order valence-electron chi connectivity index (χ3n) is 2.57. The lowest BCUT2D eigenvalue weighted by molar-refractivity contribution is -0.138. The number of hydrogen-bond acceptors (Lipinski definition) is 3. The maximum absolute atomic E-state index is 11.5. The van der Waals surface area contributed by atoms with Crippen LogP contribution in [0.15, 0.2) is 0 Å². The summed E-state index contributed by atoms with van der Waals surface area (Å²) >= 11 is 0. The Hall–Kier alpha value is -0.610. The van der Waals surface area contributed by atoms with Crippen LogP contribution in [0.2, 0.25) is 0 Å². The van der Waals surface area contributed by atoms with Crippen molar-refractivity contribution in [3.63, 3.8) is 0 Å². The molecule has 4 nitrogen and oxygen atoms in total. The fourth-order valence-electron chi connectivity index (χ4n) is 1.73. The van der Waals surface area contributed by atoms with Gasteiger partial charge in [0, 0.05) is 26.1 Å². The number of rotatable bonds is 5. The number of amides is 1. The number of hydrogen-bond donors (Lipinski definition) is 1. The SMILES string of the molecule is CCCN1C(=O)CCN1CC(C)CN. The molecule has 1 fully saturated rings. The van der Waals surface area contributed by atoms with Crippen molar-refractivity contribution in [2.24, 2.45) is 11.7 Å². The summed E-state index contributed by atoms with van der Waals surface area (Å²) in [5.74, 6) is 0.719. The molecule has 0 radical (unpaired) electrons. The monoisotopic (exact) mass is 199 g/mol. The van der Waals surface area contributed by atoms with E-state index in [1.54, 1.807) is 0 Å². The van der Waals surface area contributed by atoms with Crippen LogP contribution in [0.4, 0.5) is 0 Å². The van der Waals surface area contributed by atoms with Gasteiger partial charge in [0.1, 0.15) is 0 Å². The highest BCUT2D eigenvalue weighted by molar-refractivity contribution is 5.77. The molecule has 1 unspecified atom stereocenters. The van der Waals surface area contributed by atoms with Crippen LogP contribution in [0.5, 0.6) is 0 Å². The third-order valence-corrected chi connectivity index (χ3v) is 2.57. The van der Waals surface area contributed by atoms with Crippen LogP contribution < -0.4 is 5.73 Å². The zero-order valence-electron chi connectivity index (χ0n) is 9.20. The molecule has 1 amide bonds. The minimum absolute atomic E-state index is 0.260. The minimum Gasteiger partial charge on any atom is -0.330 e. The molecule has 4 heteroatoms. The van der Waals surface area contributed by atoms with E-state index in [0.29, 0.717) is 18.9 Å². The van der Waals surface area contributed by atoms with Crippen LogP contribution in [-0.2, 0) is 4.79 Å². The Morgan fingerprint density at radius 1 is 1.57 bits per heavy atom. The smallest absolute Gasteiger partial charge is 0.238 e. The van der Waals surface area contributed by atoms with Crippen molar-refractivity contribution >= 4 is 5.91 Å². The first kappa shape index (κ1) is 11.5. The Morgan fingerprint density at radius 2 is 2.29 bits per heavy atom. The summed E-state index contributed by atoms with van der Waals surface area (Å²) in [6.07, 6.45) is 1.68. The predicted octanol–water partition coefficient (Wildman–Crippen LogP) is 0.441. The minimum atomic E-state index is 0.260. The molecule has 0 aromatic rings. The van der Waals surface area contributed by atoms with Gasteiger partial charge in [0.25, 0.3) is 0 Å². The fraction of sp³-hybridized carbons (Fsp3) is 0.900. The van der Waals surface area contributed by atoms with Gasteiger partial charge in [-0.15, -0.1) is 0 Å². The van der Waals surface area contributed by atoms with Crippen LogP contribution in [0.25, 0.3) is 0 Å². The van der Waals surface area contributed by atoms with Gasteiger partial charge in [-0.2, -0.15) is 0 Å². The lowest BCUT2D eigenvalue weighted by atomic mass is 10.2. The maximum Gasteiger partial charge on any atom is 0.238 e. The molecule has 1 atom stereocenters. The molecule has 1 heterocycles. The Morgan fingerprint density at radius 3 is 2.86 bits per heavy atom. The first-order valence-corrected chi connectivity index (χ1v) is 5.44. The maximum atomic E-state index is 11.5. The second-order valence-electron chi connectivity index (χ2n) is 4.02. The van der Waals surface area contributed by atoms with Crippen molar-refractivity contribution in [2.75, 3.05) is 26.2 Å². The van der Waals surface area contributed by atoms with E-state index in [2.05, 4.69) is 18.9 Å². The van der Waals surface area contributed by atoms with Crippen molar-refractivity contribution in [2.45, 2.75) is 26.7 Å². The second kappa shape index (κ2) is 5.32. The molecule has 0 saturated carbocycles. The molecule has 14 heavy (non-hydrogen) atoms. The van der Waals surface area contributed by atoms with E-state index in [0.717, 1.165) is 26.1 Å². The van der Waals surface area contributed by atoms with E-state index in [1.165, 1.54) is 0 Å². The fourth-order valence-corrected chi connectivity index (χ4v) is 1.73. The van der Waals surface area contributed by atoms with Crippen molar-refractivity contribution < 1.29 is 4.79 Å². The summed E-state index contributed by atoms with van der Waals surface area (Å²) in [5, 5.41) is 4.02. The number of carbonyl (C=O) groups excluding carboxylic acids is 1. The Balaban J connectivity index is 2.46.